The van der Waals surface area contributed by atoms with Crippen LogP contribution in [0.1, 0.15) is 25.9 Å². The molecule has 94 valence electrons. The lowest BCUT2D eigenvalue weighted by molar-refractivity contribution is 0.102. The fraction of sp³-hybridized carbons (Fsp3) is 0.231. The fourth-order valence-corrected chi connectivity index (χ4v) is 2.56. The zero-order valence-electron chi connectivity index (χ0n) is 10.4. The molecule has 3 N–H and O–H groups in total. The standard InChI is InChI=1S/C13H15N3OS/c1-8-12(18-9(2)15-8)13(17)16-11-6-4-3-5-10(11)7-14/h3-6H,7,14H2,1-2H3,(H,16,17). The topological polar surface area (TPSA) is 68.0 Å². The third-order valence-electron chi connectivity index (χ3n) is 2.60. The molecule has 0 saturated heterocycles. The molecule has 2 aromatic rings. The minimum absolute atomic E-state index is 0.126. The molecule has 0 spiro atoms. The minimum Gasteiger partial charge on any atom is -0.326 e. The Hall–Kier alpha value is -1.72. The molecule has 0 unspecified atom stereocenters. The van der Waals surface area contributed by atoms with Crippen molar-refractivity contribution in [2.24, 2.45) is 5.73 Å². The van der Waals surface area contributed by atoms with Crippen LogP contribution in [0.4, 0.5) is 5.69 Å². The van der Waals surface area contributed by atoms with Gasteiger partial charge >= 0.3 is 0 Å². The molecule has 4 nitrogen and oxygen atoms in total. The van der Waals surface area contributed by atoms with Crippen LogP contribution in [0.2, 0.25) is 0 Å². The number of hydrogen-bond donors (Lipinski definition) is 2. The molecule has 1 aromatic heterocycles. The summed E-state index contributed by atoms with van der Waals surface area (Å²) in [5, 5.41) is 3.78. The molecule has 0 aliphatic rings. The monoisotopic (exact) mass is 261 g/mol. The predicted octanol–water partition coefficient (Wildman–Crippen LogP) is 2.47. The summed E-state index contributed by atoms with van der Waals surface area (Å²) in [6, 6.07) is 7.53. The summed E-state index contributed by atoms with van der Waals surface area (Å²) in [6.45, 7) is 4.13. The van der Waals surface area contributed by atoms with Gasteiger partial charge in [-0.3, -0.25) is 4.79 Å². The van der Waals surface area contributed by atoms with E-state index in [9.17, 15) is 4.79 Å². The van der Waals surface area contributed by atoms with Crippen molar-refractivity contribution in [1.29, 1.82) is 0 Å². The highest BCUT2D eigenvalue weighted by Gasteiger charge is 2.14. The zero-order valence-corrected chi connectivity index (χ0v) is 11.2. The number of amides is 1. The van der Waals surface area contributed by atoms with Crippen molar-refractivity contribution in [1.82, 2.24) is 4.98 Å². The lowest BCUT2D eigenvalue weighted by Gasteiger charge is -2.08. The number of nitrogens with one attached hydrogen (secondary N) is 1. The second-order valence-electron chi connectivity index (χ2n) is 3.96. The summed E-state index contributed by atoms with van der Waals surface area (Å²) < 4.78 is 0. The highest BCUT2D eigenvalue weighted by Crippen LogP contribution is 2.20. The molecule has 1 amide bonds. The van der Waals surface area contributed by atoms with Crippen LogP contribution in [0.5, 0.6) is 0 Å². The SMILES string of the molecule is Cc1nc(C)c(C(=O)Nc2ccccc2CN)s1. The van der Waals surface area contributed by atoms with Crippen molar-refractivity contribution in [3.63, 3.8) is 0 Å². The second-order valence-corrected chi connectivity index (χ2v) is 5.17. The van der Waals surface area contributed by atoms with Gasteiger partial charge < -0.3 is 11.1 Å². The second kappa shape index (κ2) is 5.29. The number of rotatable bonds is 3. The molecule has 0 radical (unpaired) electrons. The molecule has 1 aromatic carbocycles. The fourth-order valence-electron chi connectivity index (χ4n) is 1.74. The molecular formula is C13H15N3OS. The zero-order chi connectivity index (χ0) is 13.1. The van der Waals surface area contributed by atoms with Gasteiger partial charge in [0.2, 0.25) is 0 Å². The van der Waals surface area contributed by atoms with E-state index in [1.807, 2.05) is 38.1 Å². The quantitative estimate of drug-likeness (QED) is 0.891. The Morgan fingerprint density at radius 2 is 2.11 bits per heavy atom. The van der Waals surface area contributed by atoms with Gasteiger partial charge in [0.15, 0.2) is 0 Å². The number of para-hydroxylation sites is 1. The number of hydrogen-bond acceptors (Lipinski definition) is 4. The molecule has 0 bridgehead atoms. The van der Waals surface area contributed by atoms with Crippen LogP contribution in [0.3, 0.4) is 0 Å². The first-order valence-electron chi connectivity index (χ1n) is 5.65. The molecular weight excluding hydrogens is 246 g/mol. The van der Waals surface area contributed by atoms with Gasteiger partial charge in [0.05, 0.1) is 10.7 Å². The third kappa shape index (κ3) is 2.57. The Balaban J connectivity index is 2.24. The lowest BCUT2D eigenvalue weighted by Crippen LogP contribution is -2.14. The van der Waals surface area contributed by atoms with Gasteiger partial charge in [0.1, 0.15) is 4.88 Å². The van der Waals surface area contributed by atoms with Gasteiger partial charge in [-0.2, -0.15) is 0 Å². The number of aryl methyl sites for hydroxylation is 2. The van der Waals surface area contributed by atoms with Crippen LogP contribution < -0.4 is 11.1 Å². The Bertz CT molecular complexity index is 577. The molecule has 0 atom stereocenters. The van der Waals surface area contributed by atoms with E-state index in [4.69, 9.17) is 5.73 Å². The minimum atomic E-state index is -0.126. The summed E-state index contributed by atoms with van der Waals surface area (Å²) in [7, 11) is 0. The lowest BCUT2D eigenvalue weighted by atomic mass is 10.2. The van der Waals surface area contributed by atoms with Crippen molar-refractivity contribution in [2.45, 2.75) is 20.4 Å². The van der Waals surface area contributed by atoms with Gasteiger partial charge in [-0.05, 0) is 25.5 Å². The summed E-state index contributed by atoms with van der Waals surface area (Å²) in [5.41, 5.74) is 8.08. The Kier molecular flexibility index (Phi) is 3.74. The molecule has 18 heavy (non-hydrogen) atoms. The normalized spacial score (nSPS) is 10.4. The van der Waals surface area contributed by atoms with Crippen LogP contribution >= 0.6 is 11.3 Å². The number of nitrogens with two attached hydrogens (primary N) is 1. The van der Waals surface area contributed by atoms with E-state index in [1.165, 1.54) is 11.3 Å². The maximum absolute atomic E-state index is 12.1. The Morgan fingerprint density at radius 1 is 1.39 bits per heavy atom. The van der Waals surface area contributed by atoms with Crippen LogP contribution in [0.15, 0.2) is 24.3 Å². The van der Waals surface area contributed by atoms with Crippen molar-refractivity contribution in [3.8, 4) is 0 Å². The van der Waals surface area contributed by atoms with Gasteiger partial charge in [-0.1, -0.05) is 18.2 Å². The Labute approximate surface area is 110 Å². The van der Waals surface area contributed by atoms with E-state index < -0.39 is 0 Å². The van der Waals surface area contributed by atoms with Crippen LogP contribution in [0, 0.1) is 13.8 Å². The number of thiazole rings is 1. The van der Waals surface area contributed by atoms with Crippen LogP contribution in [-0.4, -0.2) is 10.9 Å². The largest absolute Gasteiger partial charge is 0.326 e. The first-order valence-corrected chi connectivity index (χ1v) is 6.47. The first kappa shape index (κ1) is 12.7. The first-order chi connectivity index (χ1) is 8.61. The number of carbonyl (C=O) groups excluding carboxylic acids is 1. The number of anilines is 1. The van der Waals surface area contributed by atoms with E-state index in [1.54, 1.807) is 0 Å². The van der Waals surface area contributed by atoms with E-state index >= 15 is 0 Å². The van der Waals surface area contributed by atoms with Crippen LogP contribution in [-0.2, 0) is 6.54 Å². The summed E-state index contributed by atoms with van der Waals surface area (Å²) in [5.74, 6) is -0.126. The van der Waals surface area contributed by atoms with Crippen molar-refractivity contribution < 1.29 is 4.79 Å². The highest BCUT2D eigenvalue weighted by atomic mass is 32.1. The Morgan fingerprint density at radius 3 is 2.72 bits per heavy atom. The molecule has 0 saturated carbocycles. The van der Waals surface area contributed by atoms with Gasteiger partial charge in [-0.25, -0.2) is 4.98 Å². The molecule has 5 heteroatoms. The molecule has 1 heterocycles. The predicted molar refractivity (Wildman–Crippen MR) is 73.9 cm³/mol. The van der Waals surface area contributed by atoms with Crippen molar-refractivity contribution in [3.05, 3.63) is 45.4 Å². The maximum atomic E-state index is 12.1. The number of carbonyl (C=O) groups is 1. The average Bonchev–Trinajstić information content (AvgIpc) is 2.69. The van der Waals surface area contributed by atoms with Gasteiger partial charge in [-0.15, -0.1) is 11.3 Å². The molecule has 0 fully saturated rings. The summed E-state index contributed by atoms with van der Waals surface area (Å²) >= 11 is 1.40. The average molecular weight is 261 g/mol. The van der Waals surface area contributed by atoms with Crippen molar-refractivity contribution >= 4 is 22.9 Å². The third-order valence-corrected chi connectivity index (χ3v) is 3.67. The van der Waals surface area contributed by atoms with Crippen molar-refractivity contribution in [2.75, 3.05) is 5.32 Å². The van der Waals surface area contributed by atoms with Crippen LogP contribution in [0.25, 0.3) is 0 Å². The summed E-state index contributed by atoms with van der Waals surface area (Å²) in [6.07, 6.45) is 0. The van der Waals surface area contributed by atoms with Gasteiger partial charge in [0.25, 0.3) is 5.91 Å². The van der Waals surface area contributed by atoms with E-state index in [2.05, 4.69) is 10.3 Å². The van der Waals surface area contributed by atoms with E-state index in [0.717, 1.165) is 22.0 Å². The van der Waals surface area contributed by atoms with E-state index in [0.29, 0.717) is 11.4 Å². The van der Waals surface area contributed by atoms with Gasteiger partial charge in [0, 0.05) is 12.2 Å². The van der Waals surface area contributed by atoms with E-state index in [-0.39, 0.29) is 5.91 Å². The maximum Gasteiger partial charge on any atom is 0.267 e. The number of nitrogens with zero attached hydrogens (tertiary/aromatic N) is 1. The molecule has 0 aliphatic heterocycles. The molecule has 0 aliphatic carbocycles. The smallest absolute Gasteiger partial charge is 0.267 e. The highest BCUT2D eigenvalue weighted by molar-refractivity contribution is 7.13. The molecule has 2 rings (SSSR count). The summed E-state index contributed by atoms with van der Waals surface area (Å²) in [4.78, 5) is 17.0. The number of aromatic nitrogens is 1. The number of benzene rings is 1.